The van der Waals surface area contributed by atoms with Crippen LogP contribution in [0.2, 0.25) is 0 Å². The fourth-order valence-corrected chi connectivity index (χ4v) is 5.46. The van der Waals surface area contributed by atoms with Gasteiger partial charge in [-0.05, 0) is 45.0 Å². The quantitative estimate of drug-likeness (QED) is 0.511. The highest BCUT2D eigenvalue weighted by molar-refractivity contribution is 7.21. The zero-order chi connectivity index (χ0) is 22.4. The van der Waals surface area contributed by atoms with Crippen molar-refractivity contribution >= 4 is 33.3 Å². The summed E-state index contributed by atoms with van der Waals surface area (Å²) in [6.07, 6.45) is 2.25. The predicted octanol–water partition coefficient (Wildman–Crippen LogP) is 4.07. The van der Waals surface area contributed by atoms with E-state index in [1.807, 2.05) is 6.07 Å². The number of ether oxygens (including phenoxy) is 2. The predicted molar refractivity (Wildman–Crippen MR) is 120 cm³/mol. The first-order chi connectivity index (χ1) is 15.0. The third-order valence-corrected chi connectivity index (χ3v) is 6.95. The largest absolute Gasteiger partial charge is 0.466 e. The minimum atomic E-state index is -0.356. The highest BCUT2D eigenvalue weighted by Crippen LogP contribution is 2.35. The van der Waals surface area contributed by atoms with Crippen molar-refractivity contribution in [2.45, 2.75) is 45.8 Å². The number of amides is 1. The lowest BCUT2D eigenvalue weighted by molar-refractivity contribution is -0.143. The molecular formula is C23H31FN2O4S. The number of likely N-dealkylation sites (N-methyl/N-ethyl adjacent to an activating group) is 1. The molecule has 1 aromatic carbocycles. The van der Waals surface area contributed by atoms with E-state index in [1.54, 1.807) is 17.9 Å². The summed E-state index contributed by atoms with van der Waals surface area (Å²) in [5, 5.41) is 0.444. The second-order valence-electron chi connectivity index (χ2n) is 7.69. The molecule has 2 aromatic rings. The molecule has 0 N–H and O–H groups in total. The highest BCUT2D eigenvalue weighted by atomic mass is 32.1. The first-order valence-corrected chi connectivity index (χ1v) is 11.7. The Bertz CT molecular complexity index is 916. The topological polar surface area (TPSA) is 59.1 Å². The Hall–Kier alpha value is -2.03. The van der Waals surface area contributed by atoms with Crippen LogP contribution in [0.3, 0.4) is 0 Å². The number of carbonyl (C=O) groups excluding carboxylic acids is 2. The van der Waals surface area contributed by atoms with Crippen molar-refractivity contribution in [3.8, 4) is 0 Å². The van der Waals surface area contributed by atoms with Crippen LogP contribution in [0.15, 0.2) is 18.2 Å². The fraction of sp³-hybridized carbons (Fsp3) is 0.565. The number of esters is 1. The first-order valence-electron chi connectivity index (χ1n) is 10.9. The van der Waals surface area contributed by atoms with Gasteiger partial charge < -0.3 is 14.4 Å². The normalized spacial score (nSPS) is 16.7. The number of carbonyl (C=O) groups is 2. The average molecular weight is 451 g/mol. The summed E-state index contributed by atoms with van der Waals surface area (Å²) >= 11 is 1.28. The van der Waals surface area contributed by atoms with Crippen molar-refractivity contribution < 1.29 is 23.5 Å². The second-order valence-corrected chi connectivity index (χ2v) is 8.74. The SMILES string of the molecule is CCOC(=O)CCN(CC1CCCN1CC)C(=O)c1sc2cccc(F)c2c1COC. The molecule has 1 aromatic heterocycles. The van der Waals surface area contributed by atoms with E-state index >= 15 is 0 Å². The number of halogens is 1. The highest BCUT2D eigenvalue weighted by Gasteiger charge is 2.30. The van der Waals surface area contributed by atoms with Gasteiger partial charge in [0.25, 0.3) is 5.91 Å². The third kappa shape index (κ3) is 5.42. The number of hydrogen-bond donors (Lipinski definition) is 0. The van der Waals surface area contributed by atoms with Gasteiger partial charge in [0, 0.05) is 41.9 Å². The van der Waals surface area contributed by atoms with Crippen molar-refractivity contribution in [1.82, 2.24) is 9.80 Å². The summed E-state index contributed by atoms with van der Waals surface area (Å²) < 4.78 is 25.7. The molecule has 2 heterocycles. The van der Waals surface area contributed by atoms with E-state index < -0.39 is 0 Å². The van der Waals surface area contributed by atoms with Gasteiger partial charge in [-0.3, -0.25) is 14.5 Å². The molecule has 0 aliphatic carbocycles. The summed E-state index contributed by atoms with van der Waals surface area (Å²) in [4.78, 5) is 30.2. The maximum atomic E-state index is 14.6. The van der Waals surface area contributed by atoms with Crippen LogP contribution < -0.4 is 0 Å². The van der Waals surface area contributed by atoms with Gasteiger partial charge in [-0.1, -0.05) is 13.0 Å². The van der Waals surface area contributed by atoms with Crippen molar-refractivity contribution in [3.63, 3.8) is 0 Å². The van der Waals surface area contributed by atoms with Crippen LogP contribution in [-0.2, 0) is 20.9 Å². The molecule has 0 radical (unpaired) electrons. The number of rotatable bonds is 10. The van der Waals surface area contributed by atoms with Gasteiger partial charge in [-0.2, -0.15) is 0 Å². The Balaban J connectivity index is 1.92. The average Bonchev–Trinajstić information content (AvgIpc) is 3.36. The number of thiophene rings is 1. The standard InChI is InChI=1S/C23H31FN2O4S/c1-4-25-12-7-8-16(25)14-26(13-11-20(27)30-5-2)23(28)22-17(15-29-3)21-18(24)9-6-10-19(21)31-22/h6,9-10,16H,4-5,7-8,11-15H2,1-3H3. The van der Waals surface area contributed by atoms with Crippen LogP contribution in [0, 0.1) is 5.82 Å². The number of fused-ring (bicyclic) bond motifs is 1. The first kappa shape index (κ1) is 23.6. The molecular weight excluding hydrogens is 419 g/mol. The van der Waals surface area contributed by atoms with E-state index in [4.69, 9.17) is 9.47 Å². The molecule has 1 aliphatic heterocycles. The van der Waals surface area contributed by atoms with Crippen LogP contribution >= 0.6 is 11.3 Å². The molecule has 6 nitrogen and oxygen atoms in total. The lowest BCUT2D eigenvalue weighted by Gasteiger charge is -2.30. The molecule has 0 spiro atoms. The summed E-state index contributed by atoms with van der Waals surface area (Å²) in [7, 11) is 1.54. The molecule has 1 fully saturated rings. The Morgan fingerprint density at radius 1 is 1.32 bits per heavy atom. The zero-order valence-corrected chi connectivity index (χ0v) is 19.3. The van der Waals surface area contributed by atoms with Gasteiger partial charge in [-0.25, -0.2) is 4.39 Å². The van der Waals surface area contributed by atoms with Gasteiger partial charge >= 0.3 is 5.97 Å². The smallest absolute Gasteiger partial charge is 0.307 e. The van der Waals surface area contributed by atoms with Gasteiger partial charge in [0.05, 0.1) is 24.5 Å². The maximum Gasteiger partial charge on any atom is 0.307 e. The van der Waals surface area contributed by atoms with E-state index in [0.717, 1.165) is 30.6 Å². The minimum Gasteiger partial charge on any atom is -0.466 e. The van der Waals surface area contributed by atoms with E-state index in [-0.39, 0.29) is 43.3 Å². The van der Waals surface area contributed by atoms with Gasteiger partial charge in [0.2, 0.25) is 0 Å². The Morgan fingerprint density at radius 2 is 2.13 bits per heavy atom. The summed E-state index contributed by atoms with van der Waals surface area (Å²) in [5.74, 6) is -0.857. The summed E-state index contributed by atoms with van der Waals surface area (Å²) in [6.45, 7) is 7.10. The monoisotopic (exact) mass is 450 g/mol. The van der Waals surface area contributed by atoms with Crippen LogP contribution in [0.25, 0.3) is 10.1 Å². The van der Waals surface area contributed by atoms with Crippen molar-refractivity contribution in [2.75, 3.05) is 39.9 Å². The molecule has 0 bridgehead atoms. The van der Waals surface area contributed by atoms with Gasteiger partial charge in [-0.15, -0.1) is 11.3 Å². The number of methoxy groups -OCH3 is 1. The summed E-state index contributed by atoms with van der Waals surface area (Å²) in [6, 6.07) is 5.12. The summed E-state index contributed by atoms with van der Waals surface area (Å²) in [5.41, 5.74) is 0.575. The number of hydrogen-bond acceptors (Lipinski definition) is 6. The molecule has 0 saturated carbocycles. The molecule has 3 rings (SSSR count). The zero-order valence-electron chi connectivity index (χ0n) is 18.5. The molecule has 170 valence electrons. The van der Waals surface area contributed by atoms with Crippen LogP contribution in [0.5, 0.6) is 0 Å². The Labute approximate surface area is 186 Å². The number of likely N-dealkylation sites (tertiary alicyclic amines) is 1. The fourth-order valence-electron chi connectivity index (χ4n) is 4.27. The van der Waals surface area contributed by atoms with E-state index in [0.29, 0.717) is 29.0 Å². The molecule has 31 heavy (non-hydrogen) atoms. The molecule has 1 atom stereocenters. The molecule has 1 amide bonds. The molecule has 1 unspecified atom stereocenters. The van der Waals surface area contributed by atoms with Gasteiger partial charge in [0.1, 0.15) is 5.82 Å². The van der Waals surface area contributed by atoms with E-state index in [2.05, 4.69) is 11.8 Å². The molecule has 8 heteroatoms. The minimum absolute atomic E-state index is 0.136. The van der Waals surface area contributed by atoms with Crippen molar-refractivity contribution in [1.29, 1.82) is 0 Å². The Kier molecular flexibility index (Phi) is 8.40. The second kappa shape index (κ2) is 11.0. The van der Waals surface area contributed by atoms with Gasteiger partial charge in [0.15, 0.2) is 0 Å². The number of nitrogens with zero attached hydrogens (tertiary/aromatic N) is 2. The molecule has 1 aliphatic rings. The van der Waals surface area contributed by atoms with Crippen LogP contribution in [0.4, 0.5) is 4.39 Å². The Morgan fingerprint density at radius 3 is 2.84 bits per heavy atom. The van der Waals surface area contributed by atoms with Crippen LogP contribution in [0.1, 0.15) is 48.3 Å². The van der Waals surface area contributed by atoms with Crippen molar-refractivity contribution in [2.24, 2.45) is 0 Å². The van der Waals surface area contributed by atoms with Crippen LogP contribution in [-0.4, -0.2) is 67.6 Å². The molecule has 1 saturated heterocycles. The maximum absolute atomic E-state index is 14.6. The third-order valence-electron chi connectivity index (χ3n) is 5.76. The lowest BCUT2D eigenvalue weighted by atomic mass is 10.1. The van der Waals surface area contributed by atoms with E-state index in [1.165, 1.54) is 24.5 Å². The lowest BCUT2D eigenvalue weighted by Crippen LogP contribution is -2.44. The van der Waals surface area contributed by atoms with Crippen molar-refractivity contribution in [3.05, 3.63) is 34.5 Å². The number of benzene rings is 1. The van der Waals surface area contributed by atoms with E-state index in [9.17, 15) is 14.0 Å².